The van der Waals surface area contributed by atoms with Crippen LogP contribution in [0.25, 0.3) is 11.1 Å². The van der Waals surface area contributed by atoms with Gasteiger partial charge in [-0.3, -0.25) is 0 Å². The van der Waals surface area contributed by atoms with Crippen LogP contribution in [0.4, 0.5) is 13.2 Å². The molecule has 0 radical (unpaired) electrons. The van der Waals surface area contributed by atoms with Crippen molar-refractivity contribution in [2.75, 3.05) is 0 Å². The Balaban J connectivity index is 2.45. The van der Waals surface area contributed by atoms with E-state index in [0.29, 0.717) is 11.1 Å². The number of nitrogens with two attached hydrogens (primary N) is 1. The van der Waals surface area contributed by atoms with Crippen molar-refractivity contribution in [3.63, 3.8) is 0 Å². The summed E-state index contributed by atoms with van der Waals surface area (Å²) in [6.07, 6.45) is -4.70. The van der Waals surface area contributed by atoms with Crippen LogP contribution in [0.1, 0.15) is 4.88 Å². The van der Waals surface area contributed by atoms with Crippen LogP contribution in [0.15, 0.2) is 35.7 Å². The van der Waals surface area contributed by atoms with Crippen LogP contribution in [0.5, 0.6) is 5.75 Å². The first-order valence-electron chi connectivity index (χ1n) is 5.13. The van der Waals surface area contributed by atoms with E-state index in [-0.39, 0.29) is 12.3 Å². The lowest BCUT2D eigenvalue weighted by molar-refractivity contribution is -0.274. The molecule has 1 heterocycles. The highest BCUT2D eigenvalue weighted by atomic mass is 32.1. The molecule has 2 N–H and O–H groups in total. The molecule has 1 aromatic heterocycles. The molecule has 0 bridgehead atoms. The lowest BCUT2D eigenvalue weighted by Gasteiger charge is -2.13. The van der Waals surface area contributed by atoms with Crippen LogP contribution in [0, 0.1) is 0 Å². The number of para-hydroxylation sites is 1. The lowest BCUT2D eigenvalue weighted by atomic mass is 10.1. The van der Waals surface area contributed by atoms with Crippen LogP contribution in [-0.4, -0.2) is 6.36 Å². The number of alkyl halides is 3. The Kier molecular flexibility index (Phi) is 3.58. The number of hydrogen-bond donors (Lipinski definition) is 1. The maximum absolute atomic E-state index is 12.3. The molecule has 1 aromatic carbocycles. The molecule has 0 aliphatic heterocycles. The third kappa shape index (κ3) is 2.83. The quantitative estimate of drug-likeness (QED) is 0.923. The molecule has 6 heteroatoms. The Morgan fingerprint density at radius 2 is 1.83 bits per heavy atom. The Bertz CT molecular complexity index is 536. The van der Waals surface area contributed by atoms with Crippen LogP contribution < -0.4 is 10.5 Å². The van der Waals surface area contributed by atoms with Crippen molar-refractivity contribution in [2.24, 2.45) is 5.73 Å². The first-order chi connectivity index (χ1) is 8.51. The van der Waals surface area contributed by atoms with Gasteiger partial charge < -0.3 is 10.5 Å². The molecule has 0 atom stereocenters. The zero-order valence-electron chi connectivity index (χ0n) is 9.20. The number of ether oxygens (including phenoxy) is 1. The minimum Gasteiger partial charge on any atom is -0.405 e. The van der Waals surface area contributed by atoms with Gasteiger partial charge in [0.15, 0.2) is 0 Å². The van der Waals surface area contributed by atoms with E-state index in [0.717, 1.165) is 4.88 Å². The van der Waals surface area contributed by atoms with E-state index < -0.39 is 6.36 Å². The molecular weight excluding hydrogens is 263 g/mol. The summed E-state index contributed by atoms with van der Waals surface area (Å²) >= 11 is 1.41. The Morgan fingerprint density at radius 1 is 1.11 bits per heavy atom. The molecule has 0 spiro atoms. The maximum atomic E-state index is 12.3. The topological polar surface area (TPSA) is 35.2 Å². The molecule has 2 aromatic rings. The molecule has 0 amide bonds. The van der Waals surface area contributed by atoms with Crippen LogP contribution in [-0.2, 0) is 6.54 Å². The highest BCUT2D eigenvalue weighted by Crippen LogP contribution is 2.37. The van der Waals surface area contributed by atoms with Gasteiger partial charge in [0.25, 0.3) is 0 Å². The number of halogens is 3. The second-order valence-corrected chi connectivity index (χ2v) is 4.51. The molecule has 0 saturated carbocycles. The smallest absolute Gasteiger partial charge is 0.405 e. The average Bonchev–Trinajstić information content (AvgIpc) is 2.75. The third-order valence-corrected chi connectivity index (χ3v) is 3.28. The summed E-state index contributed by atoms with van der Waals surface area (Å²) in [5.41, 5.74) is 6.64. The summed E-state index contributed by atoms with van der Waals surface area (Å²) in [5.74, 6) is -0.210. The van der Waals surface area contributed by atoms with Gasteiger partial charge >= 0.3 is 6.36 Å². The van der Waals surface area contributed by atoms with Gasteiger partial charge in [0, 0.05) is 22.5 Å². The fourth-order valence-electron chi connectivity index (χ4n) is 1.64. The first kappa shape index (κ1) is 12.9. The van der Waals surface area contributed by atoms with E-state index in [9.17, 15) is 13.2 Å². The van der Waals surface area contributed by atoms with Crippen LogP contribution >= 0.6 is 11.3 Å². The predicted molar refractivity (Wildman–Crippen MR) is 64.3 cm³/mol. The summed E-state index contributed by atoms with van der Waals surface area (Å²) < 4.78 is 40.9. The summed E-state index contributed by atoms with van der Waals surface area (Å²) in [6, 6.07) is 7.78. The SMILES string of the molecule is NCc1sccc1-c1ccccc1OC(F)(F)F. The van der Waals surface area contributed by atoms with Gasteiger partial charge in [-0.25, -0.2) is 0 Å². The van der Waals surface area contributed by atoms with Gasteiger partial charge in [0.05, 0.1) is 0 Å². The summed E-state index contributed by atoms with van der Waals surface area (Å²) in [4.78, 5) is 0.827. The van der Waals surface area contributed by atoms with Crippen molar-refractivity contribution < 1.29 is 17.9 Å². The van der Waals surface area contributed by atoms with Crippen LogP contribution in [0.3, 0.4) is 0 Å². The summed E-state index contributed by atoms with van der Waals surface area (Å²) in [7, 11) is 0. The van der Waals surface area contributed by atoms with Crippen LogP contribution in [0.2, 0.25) is 0 Å². The van der Waals surface area contributed by atoms with Gasteiger partial charge in [-0.1, -0.05) is 18.2 Å². The number of hydrogen-bond acceptors (Lipinski definition) is 3. The summed E-state index contributed by atoms with van der Waals surface area (Å²) in [5, 5.41) is 1.79. The Morgan fingerprint density at radius 3 is 2.50 bits per heavy atom. The van der Waals surface area contributed by atoms with Crippen molar-refractivity contribution in [3.05, 3.63) is 40.6 Å². The summed E-state index contributed by atoms with van der Waals surface area (Å²) in [6.45, 7) is 0.285. The molecule has 2 nitrogen and oxygen atoms in total. The van der Waals surface area contributed by atoms with E-state index >= 15 is 0 Å². The monoisotopic (exact) mass is 273 g/mol. The molecule has 0 saturated heterocycles. The second kappa shape index (κ2) is 4.99. The number of rotatable bonds is 3. The molecule has 18 heavy (non-hydrogen) atoms. The van der Waals surface area contributed by atoms with E-state index in [1.54, 1.807) is 23.6 Å². The van der Waals surface area contributed by atoms with Crippen molar-refractivity contribution in [3.8, 4) is 16.9 Å². The molecule has 0 fully saturated rings. The average molecular weight is 273 g/mol. The maximum Gasteiger partial charge on any atom is 0.573 e. The van der Waals surface area contributed by atoms with Crippen molar-refractivity contribution >= 4 is 11.3 Å². The van der Waals surface area contributed by atoms with Gasteiger partial charge in [-0.15, -0.1) is 24.5 Å². The lowest BCUT2D eigenvalue weighted by Crippen LogP contribution is -2.17. The fraction of sp³-hybridized carbons (Fsp3) is 0.167. The standard InChI is InChI=1S/C12H10F3NOS/c13-12(14,15)17-10-4-2-1-3-8(10)9-5-6-18-11(9)7-16/h1-6H,7,16H2. The Labute approximate surface area is 106 Å². The second-order valence-electron chi connectivity index (χ2n) is 3.51. The van der Waals surface area contributed by atoms with Gasteiger partial charge in [-0.2, -0.15) is 0 Å². The van der Waals surface area contributed by atoms with E-state index in [4.69, 9.17) is 5.73 Å². The van der Waals surface area contributed by atoms with Gasteiger partial charge in [-0.05, 0) is 17.5 Å². The molecular formula is C12H10F3NOS. The zero-order chi connectivity index (χ0) is 13.2. The Hall–Kier alpha value is -1.53. The molecule has 96 valence electrons. The minimum absolute atomic E-state index is 0.210. The zero-order valence-corrected chi connectivity index (χ0v) is 10.0. The molecule has 2 rings (SSSR count). The van der Waals surface area contributed by atoms with E-state index in [1.165, 1.54) is 23.5 Å². The first-order valence-corrected chi connectivity index (χ1v) is 6.01. The van der Waals surface area contributed by atoms with Gasteiger partial charge in [0.1, 0.15) is 5.75 Å². The van der Waals surface area contributed by atoms with Gasteiger partial charge in [0.2, 0.25) is 0 Å². The normalized spacial score (nSPS) is 11.6. The highest BCUT2D eigenvalue weighted by molar-refractivity contribution is 7.10. The largest absolute Gasteiger partial charge is 0.573 e. The molecule has 0 unspecified atom stereocenters. The predicted octanol–water partition coefficient (Wildman–Crippen LogP) is 3.77. The van der Waals surface area contributed by atoms with Crippen molar-refractivity contribution in [1.82, 2.24) is 0 Å². The van der Waals surface area contributed by atoms with E-state index in [1.807, 2.05) is 0 Å². The van der Waals surface area contributed by atoms with Crippen molar-refractivity contribution in [2.45, 2.75) is 12.9 Å². The molecule has 0 aliphatic carbocycles. The van der Waals surface area contributed by atoms with Crippen molar-refractivity contribution in [1.29, 1.82) is 0 Å². The third-order valence-electron chi connectivity index (χ3n) is 2.33. The number of benzene rings is 1. The highest BCUT2D eigenvalue weighted by Gasteiger charge is 2.32. The fourth-order valence-corrected chi connectivity index (χ4v) is 2.41. The molecule has 0 aliphatic rings. The number of thiophene rings is 1. The minimum atomic E-state index is -4.70. The van der Waals surface area contributed by atoms with E-state index in [2.05, 4.69) is 4.74 Å².